The van der Waals surface area contributed by atoms with E-state index in [0.717, 1.165) is 29.6 Å². The molecule has 0 spiro atoms. The molecule has 1 fully saturated rings. The summed E-state index contributed by atoms with van der Waals surface area (Å²) in [5.74, 6) is 2.87. The fourth-order valence-corrected chi connectivity index (χ4v) is 3.71. The number of hydrogen-bond acceptors (Lipinski definition) is 2. The van der Waals surface area contributed by atoms with Crippen molar-refractivity contribution in [2.45, 2.75) is 11.8 Å². The lowest BCUT2D eigenvalue weighted by molar-refractivity contribution is 0.401. The van der Waals surface area contributed by atoms with Crippen molar-refractivity contribution in [2.24, 2.45) is 0 Å². The molecule has 2 atom stereocenters. The van der Waals surface area contributed by atoms with Gasteiger partial charge in [0.2, 0.25) is 0 Å². The van der Waals surface area contributed by atoms with Crippen molar-refractivity contribution >= 4 is 11.6 Å². The van der Waals surface area contributed by atoms with Gasteiger partial charge in [0.1, 0.15) is 11.5 Å². The Morgan fingerprint density at radius 1 is 1.00 bits per heavy atom. The Hall–Kier alpha value is -1.51. The molecule has 2 heterocycles. The van der Waals surface area contributed by atoms with E-state index in [4.69, 9.17) is 16.3 Å². The van der Waals surface area contributed by atoms with Crippen LogP contribution in [-0.4, -0.2) is 25.0 Å². The molecule has 0 aromatic heterocycles. The quantitative estimate of drug-likeness (QED) is 0.717. The van der Waals surface area contributed by atoms with Gasteiger partial charge in [-0.1, -0.05) is 29.8 Å². The topological polar surface area (TPSA) is 12.5 Å². The van der Waals surface area contributed by atoms with Crippen molar-refractivity contribution in [2.75, 3.05) is 20.1 Å². The summed E-state index contributed by atoms with van der Waals surface area (Å²) in [4.78, 5) is 2.39. The predicted octanol–water partition coefficient (Wildman–Crippen LogP) is 4.26. The van der Waals surface area contributed by atoms with Crippen molar-refractivity contribution in [3.05, 3.63) is 58.6 Å². The molecule has 4 rings (SSSR count). The predicted molar refractivity (Wildman–Crippen MR) is 80.9 cm³/mol. The molecule has 102 valence electrons. The van der Waals surface area contributed by atoms with E-state index in [1.165, 1.54) is 11.1 Å². The third kappa shape index (κ3) is 1.83. The first-order valence-corrected chi connectivity index (χ1v) is 7.35. The molecule has 3 heteroatoms. The Balaban J connectivity index is 1.93. The van der Waals surface area contributed by atoms with Crippen LogP contribution in [0.3, 0.4) is 0 Å². The van der Waals surface area contributed by atoms with Gasteiger partial charge in [-0.3, -0.25) is 0 Å². The van der Waals surface area contributed by atoms with Crippen LogP contribution in [0.2, 0.25) is 5.02 Å². The van der Waals surface area contributed by atoms with Gasteiger partial charge in [0.25, 0.3) is 0 Å². The van der Waals surface area contributed by atoms with Crippen molar-refractivity contribution in [3.8, 4) is 11.5 Å². The van der Waals surface area contributed by atoms with E-state index in [1.54, 1.807) is 0 Å². The third-order valence-corrected chi connectivity index (χ3v) is 4.65. The van der Waals surface area contributed by atoms with E-state index >= 15 is 0 Å². The molecule has 2 aromatic rings. The minimum absolute atomic E-state index is 0.456. The van der Waals surface area contributed by atoms with Crippen LogP contribution in [0.5, 0.6) is 11.5 Å². The first-order chi connectivity index (χ1) is 9.72. The van der Waals surface area contributed by atoms with Gasteiger partial charge in [-0.15, -0.1) is 0 Å². The molecule has 0 aliphatic carbocycles. The SMILES string of the molecule is CN1CC2c3cc(Cl)ccc3Oc3ccccc3[C@@H]2C1. The Kier molecular flexibility index (Phi) is 2.76. The van der Waals surface area contributed by atoms with E-state index in [1.807, 2.05) is 18.2 Å². The highest BCUT2D eigenvalue weighted by Gasteiger charge is 2.38. The third-order valence-electron chi connectivity index (χ3n) is 4.41. The van der Waals surface area contributed by atoms with Gasteiger partial charge in [0, 0.05) is 35.5 Å². The van der Waals surface area contributed by atoms with E-state index < -0.39 is 0 Å². The molecular weight excluding hydrogens is 270 g/mol. The summed E-state index contributed by atoms with van der Waals surface area (Å²) in [5.41, 5.74) is 2.55. The summed E-state index contributed by atoms with van der Waals surface area (Å²) in [6, 6.07) is 14.4. The minimum atomic E-state index is 0.456. The number of likely N-dealkylation sites (tertiary alicyclic amines) is 1. The van der Waals surface area contributed by atoms with Crippen LogP contribution in [0.4, 0.5) is 0 Å². The Morgan fingerprint density at radius 3 is 2.55 bits per heavy atom. The van der Waals surface area contributed by atoms with Crippen molar-refractivity contribution < 1.29 is 4.74 Å². The Labute approximate surface area is 123 Å². The van der Waals surface area contributed by atoms with Crippen molar-refractivity contribution in [3.63, 3.8) is 0 Å². The second kappa shape index (κ2) is 4.51. The zero-order valence-corrected chi connectivity index (χ0v) is 12.1. The molecule has 2 aromatic carbocycles. The number of nitrogens with zero attached hydrogens (tertiary/aromatic N) is 1. The maximum atomic E-state index is 6.20. The smallest absolute Gasteiger partial charge is 0.131 e. The highest BCUT2D eigenvalue weighted by Crippen LogP contribution is 2.49. The van der Waals surface area contributed by atoms with E-state index in [2.05, 4.69) is 36.2 Å². The molecule has 1 saturated heterocycles. The number of fused-ring (bicyclic) bond motifs is 5. The van der Waals surface area contributed by atoms with Gasteiger partial charge in [0.15, 0.2) is 0 Å². The fraction of sp³-hybridized carbons (Fsp3) is 0.294. The maximum Gasteiger partial charge on any atom is 0.131 e. The summed E-state index contributed by atoms with van der Waals surface area (Å²) in [6.45, 7) is 2.12. The molecule has 0 radical (unpaired) electrons. The van der Waals surface area contributed by atoms with Crippen LogP contribution in [0.25, 0.3) is 0 Å². The lowest BCUT2D eigenvalue weighted by Gasteiger charge is -2.17. The number of halogens is 1. The fourth-order valence-electron chi connectivity index (χ4n) is 3.53. The zero-order valence-electron chi connectivity index (χ0n) is 11.3. The largest absolute Gasteiger partial charge is 0.457 e. The average molecular weight is 286 g/mol. The van der Waals surface area contributed by atoms with Crippen LogP contribution >= 0.6 is 11.6 Å². The molecular formula is C17H16ClNO. The van der Waals surface area contributed by atoms with Crippen LogP contribution in [0.1, 0.15) is 23.0 Å². The molecule has 0 saturated carbocycles. The maximum absolute atomic E-state index is 6.20. The molecule has 2 aliphatic rings. The van der Waals surface area contributed by atoms with E-state index in [0.29, 0.717) is 11.8 Å². The molecule has 20 heavy (non-hydrogen) atoms. The monoisotopic (exact) mass is 285 g/mol. The molecule has 0 amide bonds. The van der Waals surface area contributed by atoms with Crippen LogP contribution in [0.15, 0.2) is 42.5 Å². The normalized spacial score (nSPS) is 24.3. The number of benzene rings is 2. The Morgan fingerprint density at radius 2 is 1.70 bits per heavy atom. The molecule has 2 aliphatic heterocycles. The summed E-state index contributed by atoms with van der Waals surface area (Å²) in [5, 5.41) is 0.784. The highest BCUT2D eigenvalue weighted by molar-refractivity contribution is 6.30. The summed E-state index contributed by atoms with van der Waals surface area (Å²) < 4.78 is 6.15. The minimum Gasteiger partial charge on any atom is -0.457 e. The number of para-hydroxylation sites is 1. The van der Waals surface area contributed by atoms with Gasteiger partial charge in [0.05, 0.1) is 0 Å². The average Bonchev–Trinajstić information content (AvgIpc) is 2.78. The van der Waals surface area contributed by atoms with Crippen LogP contribution in [-0.2, 0) is 0 Å². The highest BCUT2D eigenvalue weighted by atomic mass is 35.5. The molecule has 1 unspecified atom stereocenters. The standard InChI is InChI=1S/C17H16ClNO/c1-19-9-14-12-4-2-3-5-16(12)20-17-7-6-11(18)8-13(17)15(14)10-19/h2-8,14-15H,9-10H2,1H3/t14-,15?/m0/s1. The van der Waals surface area contributed by atoms with Gasteiger partial charge >= 0.3 is 0 Å². The first kappa shape index (κ1) is 12.2. The second-order valence-corrected chi connectivity index (χ2v) is 6.19. The van der Waals surface area contributed by atoms with E-state index in [-0.39, 0.29) is 0 Å². The first-order valence-electron chi connectivity index (χ1n) is 6.97. The van der Waals surface area contributed by atoms with E-state index in [9.17, 15) is 0 Å². The lowest BCUT2D eigenvalue weighted by Crippen LogP contribution is -2.14. The summed E-state index contributed by atoms with van der Waals surface area (Å²) >= 11 is 6.20. The van der Waals surface area contributed by atoms with Crippen LogP contribution in [0, 0.1) is 0 Å². The number of likely N-dealkylation sites (N-methyl/N-ethyl adjacent to an activating group) is 1. The van der Waals surface area contributed by atoms with Crippen molar-refractivity contribution in [1.82, 2.24) is 4.90 Å². The molecule has 0 bridgehead atoms. The number of rotatable bonds is 0. The zero-order chi connectivity index (χ0) is 13.7. The van der Waals surface area contributed by atoms with Crippen LogP contribution < -0.4 is 4.74 Å². The summed E-state index contributed by atoms with van der Waals surface area (Å²) in [7, 11) is 2.18. The molecule has 2 nitrogen and oxygen atoms in total. The number of ether oxygens (including phenoxy) is 1. The van der Waals surface area contributed by atoms with Gasteiger partial charge in [-0.25, -0.2) is 0 Å². The van der Waals surface area contributed by atoms with Gasteiger partial charge in [-0.05, 0) is 36.9 Å². The second-order valence-electron chi connectivity index (χ2n) is 5.76. The lowest BCUT2D eigenvalue weighted by atomic mass is 9.84. The van der Waals surface area contributed by atoms with Gasteiger partial charge in [-0.2, -0.15) is 0 Å². The summed E-state index contributed by atoms with van der Waals surface area (Å²) in [6.07, 6.45) is 0. The van der Waals surface area contributed by atoms with Crippen molar-refractivity contribution in [1.29, 1.82) is 0 Å². The Bertz CT molecular complexity index is 670. The van der Waals surface area contributed by atoms with Gasteiger partial charge < -0.3 is 9.64 Å². The number of hydrogen-bond donors (Lipinski definition) is 0. The molecule has 0 N–H and O–H groups in total.